The lowest BCUT2D eigenvalue weighted by atomic mass is 10.3. The number of halogens is 2. The highest BCUT2D eigenvalue weighted by molar-refractivity contribution is 7.99. The van der Waals surface area contributed by atoms with E-state index in [1.807, 2.05) is 0 Å². The molecule has 0 saturated carbocycles. The summed E-state index contributed by atoms with van der Waals surface area (Å²) in [6.07, 6.45) is 0. The molecule has 18 heavy (non-hydrogen) atoms. The van der Waals surface area contributed by atoms with Crippen LogP contribution in [0.1, 0.15) is 0 Å². The van der Waals surface area contributed by atoms with Gasteiger partial charge in [0, 0.05) is 16.6 Å². The average molecular weight is 286 g/mol. The van der Waals surface area contributed by atoms with Gasteiger partial charge in [0.15, 0.2) is 5.16 Å². The molecule has 1 aromatic heterocycles. The zero-order valence-corrected chi connectivity index (χ0v) is 10.6. The number of nitrogens with zero attached hydrogens (tertiary/aromatic N) is 2. The molecule has 0 fully saturated rings. The van der Waals surface area contributed by atoms with Gasteiger partial charge >= 0.3 is 0 Å². The normalized spacial score (nSPS) is 10.6. The average Bonchev–Trinajstić information content (AvgIpc) is 2.24. The monoisotopic (exact) mass is 285 g/mol. The fourth-order valence-electron chi connectivity index (χ4n) is 1.24. The third-order valence-corrected chi connectivity index (χ3v) is 3.23. The second-order valence-electron chi connectivity index (χ2n) is 3.41. The molecule has 0 unspecified atom stereocenters. The van der Waals surface area contributed by atoms with Crippen molar-refractivity contribution in [3.63, 3.8) is 0 Å². The maximum Gasteiger partial charge on any atom is 0.196 e. The lowest BCUT2D eigenvalue weighted by molar-refractivity contribution is 0.625. The van der Waals surface area contributed by atoms with Crippen LogP contribution in [0.25, 0.3) is 0 Å². The molecule has 6 N–H and O–H groups in total. The molecule has 0 spiro atoms. The van der Waals surface area contributed by atoms with Crippen LogP contribution >= 0.6 is 23.4 Å². The summed E-state index contributed by atoms with van der Waals surface area (Å²) in [6, 6.07) is 3.97. The number of nitrogen functional groups attached to an aromatic ring is 3. The third kappa shape index (κ3) is 2.74. The van der Waals surface area contributed by atoms with Crippen LogP contribution in [0.2, 0.25) is 5.02 Å². The molecule has 1 aromatic carbocycles. The minimum atomic E-state index is -0.565. The summed E-state index contributed by atoms with van der Waals surface area (Å²) in [5.41, 5.74) is 17.1. The Labute approximate surface area is 112 Å². The van der Waals surface area contributed by atoms with Gasteiger partial charge in [0.2, 0.25) is 0 Å². The fourth-order valence-corrected chi connectivity index (χ4v) is 2.25. The highest BCUT2D eigenvalue weighted by Gasteiger charge is 2.10. The quantitative estimate of drug-likeness (QED) is 0.577. The molecule has 0 aliphatic rings. The van der Waals surface area contributed by atoms with Gasteiger partial charge < -0.3 is 17.2 Å². The molecule has 0 aliphatic carbocycles. The second-order valence-corrected chi connectivity index (χ2v) is 4.82. The van der Waals surface area contributed by atoms with Crippen molar-refractivity contribution in [3.8, 4) is 0 Å². The Morgan fingerprint density at radius 2 is 1.67 bits per heavy atom. The molecule has 0 aliphatic heterocycles. The highest BCUT2D eigenvalue weighted by Crippen LogP contribution is 2.33. The van der Waals surface area contributed by atoms with Crippen molar-refractivity contribution >= 4 is 40.7 Å². The number of anilines is 3. The number of hydrogen-bond acceptors (Lipinski definition) is 6. The van der Waals surface area contributed by atoms with E-state index in [0.29, 0.717) is 15.7 Å². The molecule has 2 aromatic rings. The van der Waals surface area contributed by atoms with E-state index >= 15 is 0 Å². The van der Waals surface area contributed by atoms with Crippen LogP contribution in [-0.2, 0) is 0 Å². The summed E-state index contributed by atoms with van der Waals surface area (Å²) in [5.74, 6) is -0.0961. The Kier molecular flexibility index (Phi) is 3.44. The lowest BCUT2D eigenvalue weighted by Gasteiger charge is -2.06. The minimum Gasteiger partial charge on any atom is -0.398 e. The molecule has 0 bridgehead atoms. The number of benzene rings is 1. The van der Waals surface area contributed by atoms with Crippen molar-refractivity contribution in [2.45, 2.75) is 10.1 Å². The summed E-state index contributed by atoms with van der Waals surface area (Å²) < 4.78 is 13.3. The predicted octanol–water partition coefficient (Wildman–Crippen LogP) is 2.17. The Hall–Kier alpha value is -1.73. The van der Waals surface area contributed by atoms with Crippen LogP contribution in [0.15, 0.2) is 28.3 Å². The van der Waals surface area contributed by atoms with Crippen LogP contribution in [0, 0.1) is 5.82 Å². The molecular weight excluding hydrogens is 277 g/mol. The zero-order valence-electron chi connectivity index (χ0n) is 9.02. The van der Waals surface area contributed by atoms with Crippen LogP contribution in [0.5, 0.6) is 0 Å². The Balaban J connectivity index is 2.36. The van der Waals surface area contributed by atoms with E-state index < -0.39 is 5.82 Å². The van der Waals surface area contributed by atoms with Crippen LogP contribution in [0.4, 0.5) is 21.7 Å². The summed E-state index contributed by atoms with van der Waals surface area (Å²) in [6.45, 7) is 0. The van der Waals surface area contributed by atoms with Crippen molar-refractivity contribution in [2.75, 3.05) is 17.2 Å². The molecular formula is C10H9ClFN5S. The molecule has 0 saturated heterocycles. The molecule has 0 radical (unpaired) electrons. The first-order valence-electron chi connectivity index (χ1n) is 4.78. The second kappa shape index (κ2) is 4.87. The number of hydrogen-bond donors (Lipinski definition) is 3. The molecule has 1 heterocycles. The maximum atomic E-state index is 13.3. The van der Waals surface area contributed by atoms with Crippen molar-refractivity contribution in [2.24, 2.45) is 0 Å². The number of aromatic nitrogens is 2. The molecule has 5 nitrogen and oxygen atoms in total. The van der Waals surface area contributed by atoms with Gasteiger partial charge in [-0.15, -0.1) is 0 Å². The van der Waals surface area contributed by atoms with Gasteiger partial charge in [-0.05, 0) is 23.9 Å². The topological polar surface area (TPSA) is 104 Å². The van der Waals surface area contributed by atoms with Crippen molar-refractivity contribution < 1.29 is 4.39 Å². The highest BCUT2D eigenvalue weighted by atomic mass is 35.5. The lowest BCUT2D eigenvalue weighted by Crippen LogP contribution is -1.99. The first-order valence-corrected chi connectivity index (χ1v) is 5.97. The van der Waals surface area contributed by atoms with Gasteiger partial charge in [-0.2, -0.15) is 0 Å². The number of nitrogens with two attached hydrogens (primary N) is 3. The summed E-state index contributed by atoms with van der Waals surface area (Å²) in [7, 11) is 0. The van der Waals surface area contributed by atoms with Gasteiger partial charge in [-0.25, -0.2) is 14.4 Å². The largest absolute Gasteiger partial charge is 0.398 e. The number of rotatable bonds is 2. The molecule has 94 valence electrons. The Morgan fingerprint density at radius 3 is 2.28 bits per heavy atom. The summed E-state index contributed by atoms with van der Waals surface area (Å²) >= 11 is 6.66. The SMILES string of the molecule is Nc1cc(N)nc(Sc2cc(F)c(Cl)cc2N)n1. The van der Waals surface area contributed by atoms with Crippen LogP contribution in [0.3, 0.4) is 0 Å². The molecule has 0 atom stereocenters. The van der Waals surface area contributed by atoms with Crippen molar-refractivity contribution in [3.05, 3.63) is 29.0 Å². The fraction of sp³-hybridized carbons (Fsp3) is 0. The molecule has 2 rings (SSSR count). The van der Waals surface area contributed by atoms with Gasteiger partial charge in [0.25, 0.3) is 0 Å². The Bertz CT molecular complexity index is 587. The van der Waals surface area contributed by atoms with E-state index in [0.717, 1.165) is 11.8 Å². The first kappa shape index (κ1) is 12.7. The predicted molar refractivity (Wildman–Crippen MR) is 70.8 cm³/mol. The smallest absolute Gasteiger partial charge is 0.196 e. The van der Waals surface area contributed by atoms with E-state index in [-0.39, 0.29) is 16.7 Å². The van der Waals surface area contributed by atoms with E-state index in [1.165, 1.54) is 18.2 Å². The van der Waals surface area contributed by atoms with Crippen molar-refractivity contribution in [1.82, 2.24) is 9.97 Å². The van der Waals surface area contributed by atoms with E-state index in [9.17, 15) is 4.39 Å². The van der Waals surface area contributed by atoms with E-state index in [2.05, 4.69) is 9.97 Å². The maximum absolute atomic E-state index is 13.3. The van der Waals surface area contributed by atoms with Gasteiger partial charge in [-0.1, -0.05) is 11.6 Å². The van der Waals surface area contributed by atoms with Crippen molar-refractivity contribution in [1.29, 1.82) is 0 Å². The molecule has 0 amide bonds. The Morgan fingerprint density at radius 1 is 1.06 bits per heavy atom. The van der Waals surface area contributed by atoms with Gasteiger partial charge in [0.05, 0.1) is 5.02 Å². The third-order valence-electron chi connectivity index (χ3n) is 2.00. The first-order chi connectivity index (χ1) is 8.45. The zero-order chi connectivity index (χ0) is 13.3. The van der Waals surface area contributed by atoms with Crippen LogP contribution in [-0.4, -0.2) is 9.97 Å². The van der Waals surface area contributed by atoms with E-state index in [1.54, 1.807) is 0 Å². The standard InChI is InChI=1S/C10H9ClFN5S/c11-4-1-6(13)7(2-5(4)12)18-10-16-8(14)3-9(15)17-10/h1-3H,13H2,(H4,14,15,16,17). The van der Waals surface area contributed by atoms with E-state index in [4.69, 9.17) is 28.8 Å². The summed E-state index contributed by atoms with van der Waals surface area (Å²) in [5, 5.41) is 0.255. The molecule has 8 heteroatoms. The van der Waals surface area contributed by atoms with Gasteiger partial charge in [-0.3, -0.25) is 0 Å². The summed E-state index contributed by atoms with van der Waals surface area (Å²) in [4.78, 5) is 8.37. The minimum absolute atomic E-state index is 0.0372. The van der Waals surface area contributed by atoms with Crippen LogP contribution < -0.4 is 17.2 Å². The van der Waals surface area contributed by atoms with Gasteiger partial charge in [0.1, 0.15) is 17.5 Å².